The molecule has 0 aromatic heterocycles. The van der Waals surface area contributed by atoms with E-state index in [4.69, 9.17) is 0 Å². The number of nitrogens with zero attached hydrogens (tertiary/aromatic N) is 1. The fourth-order valence-electron chi connectivity index (χ4n) is 6.69. The highest BCUT2D eigenvalue weighted by Crippen LogP contribution is 2.58. The van der Waals surface area contributed by atoms with E-state index in [1.54, 1.807) is 6.07 Å². The maximum Gasteiger partial charge on any atom is 0.222 e. The minimum Gasteiger partial charge on any atom is -0.508 e. The van der Waals surface area contributed by atoms with Crippen LogP contribution in [-0.2, 0) is 16.6 Å². The fourth-order valence-corrected chi connectivity index (χ4v) is 6.69. The first-order chi connectivity index (χ1) is 14.3. The van der Waals surface area contributed by atoms with E-state index in [0.29, 0.717) is 12.2 Å². The summed E-state index contributed by atoms with van der Waals surface area (Å²) in [6.07, 6.45) is 7.81. The first kappa shape index (κ1) is 20.3. The predicted molar refractivity (Wildman–Crippen MR) is 116 cm³/mol. The number of nitrogens with one attached hydrogen (secondary N) is 1. The number of carbonyl (C=O) groups is 1. The maximum atomic E-state index is 12.5. The Morgan fingerprint density at radius 3 is 2.80 bits per heavy atom. The lowest BCUT2D eigenvalue weighted by molar-refractivity contribution is -0.140. The maximum absolute atomic E-state index is 12.5. The van der Waals surface area contributed by atoms with Crippen LogP contribution in [0.2, 0.25) is 0 Å². The molecule has 0 unspecified atom stereocenters. The summed E-state index contributed by atoms with van der Waals surface area (Å²) in [6, 6.07) is 5.88. The number of likely N-dealkylation sites (tertiary alicyclic amines) is 1. The summed E-state index contributed by atoms with van der Waals surface area (Å²) in [5.41, 5.74) is 1.23. The van der Waals surface area contributed by atoms with Gasteiger partial charge in [-0.2, -0.15) is 0 Å². The fraction of sp³-hybridized carbons (Fsp3) is 0.720. The van der Waals surface area contributed by atoms with Gasteiger partial charge in [-0.1, -0.05) is 19.9 Å². The number of phenolic OH excluding ortho intramolecular Hbond substituents is 1. The molecule has 0 radical (unpaired) electrons. The van der Waals surface area contributed by atoms with Gasteiger partial charge in [-0.15, -0.1) is 0 Å². The van der Waals surface area contributed by atoms with Crippen molar-refractivity contribution in [3.05, 3.63) is 29.3 Å². The predicted octanol–water partition coefficient (Wildman–Crippen LogP) is 3.12. The average molecular weight is 413 g/mol. The molecule has 2 saturated carbocycles. The number of aromatic hydroxyl groups is 1. The van der Waals surface area contributed by atoms with E-state index in [1.165, 1.54) is 18.4 Å². The second-order valence-electron chi connectivity index (χ2n) is 10.7. The number of amides is 1. The number of benzene rings is 1. The van der Waals surface area contributed by atoms with Crippen LogP contribution < -0.4 is 5.32 Å². The van der Waals surface area contributed by atoms with Crippen molar-refractivity contribution in [2.75, 3.05) is 13.1 Å². The second kappa shape index (κ2) is 7.23. The lowest BCUT2D eigenvalue weighted by atomic mass is 9.51. The Labute approximate surface area is 179 Å². The van der Waals surface area contributed by atoms with Gasteiger partial charge in [0.15, 0.2) is 0 Å². The number of hydrogen-bond donors (Lipinski definition) is 3. The molecule has 164 valence electrons. The molecule has 1 aliphatic heterocycles. The summed E-state index contributed by atoms with van der Waals surface area (Å²) in [5, 5.41) is 26.0. The molecule has 4 aliphatic rings. The Balaban J connectivity index is 1.56. The van der Waals surface area contributed by atoms with Crippen LogP contribution in [0, 0.1) is 11.8 Å². The first-order valence-corrected chi connectivity index (χ1v) is 11.9. The third kappa shape index (κ3) is 3.16. The van der Waals surface area contributed by atoms with Crippen molar-refractivity contribution < 1.29 is 15.0 Å². The van der Waals surface area contributed by atoms with Crippen molar-refractivity contribution in [2.45, 2.75) is 88.3 Å². The van der Waals surface area contributed by atoms with E-state index < -0.39 is 5.60 Å². The molecule has 5 nitrogen and oxygen atoms in total. The molecule has 1 aromatic carbocycles. The molecule has 1 amide bonds. The van der Waals surface area contributed by atoms with Crippen LogP contribution in [-0.4, -0.2) is 51.8 Å². The highest BCUT2D eigenvalue weighted by Gasteiger charge is 2.63. The van der Waals surface area contributed by atoms with Crippen LogP contribution in [0.25, 0.3) is 0 Å². The van der Waals surface area contributed by atoms with Crippen LogP contribution in [0.1, 0.15) is 69.9 Å². The molecular formula is C25H36N2O3. The van der Waals surface area contributed by atoms with E-state index in [-0.39, 0.29) is 29.3 Å². The summed E-state index contributed by atoms with van der Waals surface area (Å²) in [6.45, 7) is 5.96. The summed E-state index contributed by atoms with van der Waals surface area (Å²) in [5.74, 6) is 1.10. The Hall–Kier alpha value is -1.59. The van der Waals surface area contributed by atoms with E-state index in [1.807, 2.05) is 19.9 Å². The number of aliphatic hydroxyl groups is 1. The van der Waals surface area contributed by atoms with Crippen molar-refractivity contribution >= 4 is 5.91 Å². The quantitative estimate of drug-likeness (QED) is 0.711. The Bertz CT molecular complexity index is 836. The largest absolute Gasteiger partial charge is 0.508 e. The van der Waals surface area contributed by atoms with Crippen LogP contribution >= 0.6 is 0 Å². The molecule has 3 fully saturated rings. The molecule has 30 heavy (non-hydrogen) atoms. The summed E-state index contributed by atoms with van der Waals surface area (Å²) in [4.78, 5) is 15.0. The molecule has 5 heteroatoms. The van der Waals surface area contributed by atoms with Crippen LogP contribution in [0.5, 0.6) is 5.75 Å². The molecule has 5 rings (SSSR count). The van der Waals surface area contributed by atoms with Crippen molar-refractivity contribution in [3.8, 4) is 5.75 Å². The van der Waals surface area contributed by atoms with Gasteiger partial charge in [0.25, 0.3) is 0 Å². The van der Waals surface area contributed by atoms with Crippen molar-refractivity contribution in [3.63, 3.8) is 0 Å². The van der Waals surface area contributed by atoms with Crippen molar-refractivity contribution in [1.82, 2.24) is 10.2 Å². The average Bonchev–Trinajstić information content (AvgIpc) is 3.51. The van der Waals surface area contributed by atoms with E-state index >= 15 is 0 Å². The molecule has 4 atom stereocenters. The Morgan fingerprint density at radius 1 is 1.27 bits per heavy atom. The second-order valence-corrected chi connectivity index (χ2v) is 10.7. The minimum absolute atomic E-state index is 0.0141. The zero-order chi connectivity index (χ0) is 21.1. The Morgan fingerprint density at radius 2 is 2.07 bits per heavy atom. The Kier molecular flexibility index (Phi) is 4.90. The molecule has 1 saturated heterocycles. The van der Waals surface area contributed by atoms with Crippen molar-refractivity contribution in [1.29, 1.82) is 0 Å². The van der Waals surface area contributed by atoms with E-state index in [9.17, 15) is 15.0 Å². The van der Waals surface area contributed by atoms with Gasteiger partial charge in [0.1, 0.15) is 5.75 Å². The highest BCUT2D eigenvalue weighted by atomic mass is 16.3. The lowest BCUT2D eigenvalue weighted by Gasteiger charge is -2.60. The number of carbonyl (C=O) groups excluding carboxylic acids is 1. The van der Waals surface area contributed by atoms with Gasteiger partial charge in [-0.05, 0) is 87.1 Å². The third-order valence-corrected chi connectivity index (χ3v) is 8.43. The number of fused-ring (bicyclic) bond motifs is 1. The third-order valence-electron chi connectivity index (χ3n) is 8.43. The zero-order valence-electron chi connectivity index (χ0n) is 18.4. The lowest BCUT2D eigenvalue weighted by Crippen LogP contribution is -2.69. The molecule has 0 spiro atoms. The summed E-state index contributed by atoms with van der Waals surface area (Å²) >= 11 is 0. The van der Waals surface area contributed by atoms with Crippen molar-refractivity contribution in [2.24, 2.45) is 11.8 Å². The molecule has 1 aromatic rings. The van der Waals surface area contributed by atoms with Gasteiger partial charge in [-0.3, -0.25) is 9.69 Å². The first-order valence-electron chi connectivity index (χ1n) is 11.9. The van der Waals surface area contributed by atoms with Gasteiger partial charge in [0.2, 0.25) is 5.91 Å². The van der Waals surface area contributed by atoms with Gasteiger partial charge >= 0.3 is 0 Å². The van der Waals surface area contributed by atoms with E-state index in [0.717, 1.165) is 56.7 Å². The zero-order valence-corrected chi connectivity index (χ0v) is 18.4. The van der Waals surface area contributed by atoms with Crippen LogP contribution in [0.4, 0.5) is 0 Å². The van der Waals surface area contributed by atoms with Gasteiger partial charge in [-0.25, -0.2) is 0 Å². The molecule has 2 bridgehead atoms. The highest BCUT2D eigenvalue weighted by molar-refractivity contribution is 5.78. The van der Waals surface area contributed by atoms with E-state index in [2.05, 4.69) is 16.3 Å². The monoisotopic (exact) mass is 412 g/mol. The number of rotatable bonds is 4. The van der Waals surface area contributed by atoms with Gasteiger partial charge in [0, 0.05) is 30.0 Å². The summed E-state index contributed by atoms with van der Waals surface area (Å²) < 4.78 is 0. The van der Waals surface area contributed by atoms with Gasteiger partial charge in [0.05, 0.1) is 5.60 Å². The topological polar surface area (TPSA) is 72.8 Å². The van der Waals surface area contributed by atoms with Gasteiger partial charge < -0.3 is 15.5 Å². The molecular weight excluding hydrogens is 376 g/mol. The minimum atomic E-state index is -0.883. The number of hydrogen-bond acceptors (Lipinski definition) is 4. The molecule has 3 N–H and O–H groups in total. The molecule has 1 heterocycles. The smallest absolute Gasteiger partial charge is 0.222 e. The van der Waals surface area contributed by atoms with Crippen LogP contribution in [0.3, 0.4) is 0 Å². The molecule has 3 aliphatic carbocycles. The SMILES string of the molecule is CC(C)C(=O)N[C@H]1CC[C@]23CCCN(CC4CC4)[C@H](Cc4ccc(O)cc42)[C@]3(O)C1. The standard InChI is InChI=1S/C25H36N2O3/c1-16(2)23(29)26-19-8-10-24-9-3-11-27(15-17-4-5-17)22(25(24,30)14-19)12-18-6-7-20(28)13-21(18)24/h6-7,13,16-17,19,22,28,30H,3-5,8-12,14-15H2,1-2H3,(H,26,29)/t19-,22+,24+,25+/m0/s1. The summed E-state index contributed by atoms with van der Waals surface area (Å²) in [7, 11) is 0. The number of phenols is 1. The van der Waals surface area contributed by atoms with Crippen LogP contribution in [0.15, 0.2) is 18.2 Å². The normalized spacial score (nSPS) is 36.0.